The van der Waals surface area contributed by atoms with Crippen LogP contribution in [0.2, 0.25) is 0 Å². The molecule has 5 nitrogen and oxygen atoms in total. The highest BCUT2D eigenvalue weighted by atomic mass is 79.9. The van der Waals surface area contributed by atoms with E-state index >= 15 is 0 Å². The molecule has 4 rings (SSSR count). The number of benzene rings is 3. The molecule has 0 bridgehead atoms. The fourth-order valence-electron chi connectivity index (χ4n) is 3.02. The van der Waals surface area contributed by atoms with Crippen molar-refractivity contribution in [1.29, 1.82) is 0 Å². The number of thiophene rings is 1. The average molecular weight is 560 g/mol. The molecule has 3 aromatic carbocycles. The molecular formula is C24H19BrN2O3S3. The number of halogens is 1. The summed E-state index contributed by atoms with van der Waals surface area (Å²) in [7, 11) is -3.61. The van der Waals surface area contributed by atoms with Crippen molar-refractivity contribution in [2.45, 2.75) is 14.4 Å². The number of sulfonamides is 1. The first-order valence-corrected chi connectivity index (χ1v) is 13.9. The molecule has 1 atom stereocenters. The first-order valence-electron chi connectivity index (χ1n) is 9.86. The Labute approximate surface area is 209 Å². The van der Waals surface area contributed by atoms with Crippen molar-refractivity contribution in [2.24, 2.45) is 0 Å². The minimum Gasteiger partial charge on any atom is -0.324 e. The summed E-state index contributed by atoms with van der Waals surface area (Å²) >= 11 is 6.02. The lowest BCUT2D eigenvalue weighted by Gasteiger charge is -2.18. The van der Waals surface area contributed by atoms with E-state index in [1.165, 1.54) is 11.8 Å². The standard InChI is InChI=1S/C24H19BrN2O3S3/c25-20-9-4-5-10-21(20)26-24(28)23(17-7-2-1-3-8-17)32-19-14-12-18(13-15-19)27-33(29,30)22-11-6-16-31-22/h1-16,23,27H,(H,26,28). The first kappa shape index (κ1) is 23.6. The Bertz CT molecular complexity index is 1330. The maximum atomic E-state index is 13.2. The Morgan fingerprint density at radius 2 is 1.58 bits per heavy atom. The van der Waals surface area contributed by atoms with Crippen molar-refractivity contribution in [3.05, 3.63) is 106 Å². The molecule has 0 fully saturated rings. The molecule has 0 saturated heterocycles. The summed E-state index contributed by atoms with van der Waals surface area (Å²) in [6.07, 6.45) is 0. The zero-order valence-corrected chi connectivity index (χ0v) is 21.2. The van der Waals surface area contributed by atoms with Gasteiger partial charge in [0.05, 0.1) is 5.69 Å². The maximum Gasteiger partial charge on any atom is 0.271 e. The van der Waals surface area contributed by atoms with Gasteiger partial charge in [-0.3, -0.25) is 9.52 Å². The van der Waals surface area contributed by atoms with E-state index in [0.29, 0.717) is 11.4 Å². The van der Waals surface area contributed by atoms with Gasteiger partial charge in [0.25, 0.3) is 10.0 Å². The normalized spacial score (nSPS) is 12.2. The molecule has 1 amide bonds. The lowest BCUT2D eigenvalue weighted by molar-refractivity contribution is -0.115. The number of carbonyl (C=O) groups excluding carboxylic acids is 1. The van der Waals surface area contributed by atoms with Crippen LogP contribution in [0.4, 0.5) is 11.4 Å². The summed E-state index contributed by atoms with van der Waals surface area (Å²) in [6.45, 7) is 0. The summed E-state index contributed by atoms with van der Waals surface area (Å²) < 4.78 is 28.5. The first-order chi connectivity index (χ1) is 15.9. The van der Waals surface area contributed by atoms with E-state index in [1.807, 2.05) is 54.6 Å². The molecule has 9 heteroatoms. The van der Waals surface area contributed by atoms with Gasteiger partial charge in [0.15, 0.2) is 0 Å². The summed E-state index contributed by atoms with van der Waals surface area (Å²) in [6, 6.07) is 27.3. The third-order valence-electron chi connectivity index (χ3n) is 4.59. The number of para-hydroxylation sites is 1. The molecule has 168 valence electrons. The molecule has 1 unspecified atom stereocenters. The van der Waals surface area contributed by atoms with Crippen LogP contribution in [0.3, 0.4) is 0 Å². The van der Waals surface area contributed by atoms with E-state index in [2.05, 4.69) is 26.0 Å². The Balaban J connectivity index is 1.53. The third-order valence-corrected chi connectivity index (χ3v) is 9.33. The van der Waals surface area contributed by atoms with Crippen LogP contribution in [0.15, 0.2) is 110 Å². The van der Waals surface area contributed by atoms with Crippen molar-refractivity contribution in [1.82, 2.24) is 0 Å². The number of hydrogen-bond donors (Lipinski definition) is 2. The SMILES string of the molecule is O=C(Nc1ccccc1Br)C(Sc1ccc(NS(=O)(=O)c2cccs2)cc1)c1ccccc1. The molecule has 1 aromatic heterocycles. The second-order valence-electron chi connectivity index (χ2n) is 6.94. The van der Waals surface area contributed by atoms with Crippen LogP contribution in [0.1, 0.15) is 10.8 Å². The van der Waals surface area contributed by atoms with Crippen LogP contribution >= 0.6 is 39.0 Å². The zero-order valence-electron chi connectivity index (χ0n) is 17.1. The molecule has 0 spiro atoms. The Kier molecular flexibility index (Phi) is 7.54. The highest BCUT2D eigenvalue weighted by Crippen LogP contribution is 2.37. The van der Waals surface area contributed by atoms with Gasteiger partial charge < -0.3 is 5.32 Å². The maximum absolute atomic E-state index is 13.2. The topological polar surface area (TPSA) is 75.3 Å². The quantitative estimate of drug-likeness (QED) is 0.233. The summed E-state index contributed by atoms with van der Waals surface area (Å²) in [4.78, 5) is 14.1. The van der Waals surface area contributed by atoms with Gasteiger partial charge in [0.2, 0.25) is 5.91 Å². The van der Waals surface area contributed by atoms with Gasteiger partial charge in [-0.1, -0.05) is 48.5 Å². The van der Waals surface area contributed by atoms with E-state index < -0.39 is 15.3 Å². The molecule has 2 N–H and O–H groups in total. The van der Waals surface area contributed by atoms with Crippen LogP contribution in [0.25, 0.3) is 0 Å². The fourth-order valence-corrected chi connectivity index (χ4v) is 6.48. The van der Waals surface area contributed by atoms with Crippen LogP contribution in [-0.4, -0.2) is 14.3 Å². The lowest BCUT2D eigenvalue weighted by atomic mass is 10.1. The highest BCUT2D eigenvalue weighted by molar-refractivity contribution is 9.10. The number of carbonyl (C=O) groups is 1. The third kappa shape index (κ3) is 6.05. The van der Waals surface area contributed by atoms with Crippen molar-refractivity contribution < 1.29 is 13.2 Å². The number of anilines is 2. The van der Waals surface area contributed by atoms with Gasteiger partial charge in [-0.25, -0.2) is 8.42 Å². The molecule has 0 aliphatic rings. The number of amides is 1. The van der Waals surface area contributed by atoms with Gasteiger partial charge in [0.1, 0.15) is 9.46 Å². The highest BCUT2D eigenvalue weighted by Gasteiger charge is 2.23. The van der Waals surface area contributed by atoms with Crippen LogP contribution in [-0.2, 0) is 14.8 Å². The minimum absolute atomic E-state index is 0.152. The Hall–Kier alpha value is -2.59. The van der Waals surface area contributed by atoms with Crippen molar-refractivity contribution in [3.8, 4) is 0 Å². The molecule has 4 aromatic rings. The summed E-state index contributed by atoms with van der Waals surface area (Å²) in [5.41, 5.74) is 2.03. The zero-order chi connectivity index (χ0) is 23.3. The van der Waals surface area contributed by atoms with Crippen molar-refractivity contribution in [2.75, 3.05) is 10.0 Å². The second-order valence-corrected chi connectivity index (χ2v) is 11.8. The van der Waals surface area contributed by atoms with Crippen LogP contribution in [0, 0.1) is 0 Å². The van der Waals surface area contributed by atoms with E-state index in [9.17, 15) is 13.2 Å². The number of rotatable bonds is 8. The van der Waals surface area contributed by atoms with E-state index in [1.54, 1.807) is 41.8 Å². The van der Waals surface area contributed by atoms with Gasteiger partial charge in [-0.2, -0.15) is 0 Å². The van der Waals surface area contributed by atoms with Gasteiger partial charge in [-0.05, 0) is 69.3 Å². The van der Waals surface area contributed by atoms with E-state index in [4.69, 9.17) is 0 Å². The van der Waals surface area contributed by atoms with Gasteiger partial charge in [-0.15, -0.1) is 23.1 Å². The van der Waals surface area contributed by atoms with E-state index in [-0.39, 0.29) is 10.1 Å². The molecular weight excluding hydrogens is 540 g/mol. The molecule has 0 aliphatic carbocycles. The van der Waals surface area contributed by atoms with Gasteiger partial charge >= 0.3 is 0 Å². The molecule has 0 radical (unpaired) electrons. The average Bonchev–Trinajstić information content (AvgIpc) is 3.37. The van der Waals surface area contributed by atoms with Gasteiger partial charge in [0, 0.05) is 15.1 Å². The summed E-state index contributed by atoms with van der Waals surface area (Å²) in [5.74, 6) is -0.152. The summed E-state index contributed by atoms with van der Waals surface area (Å²) in [5, 5.41) is 4.22. The van der Waals surface area contributed by atoms with E-state index in [0.717, 1.165) is 26.3 Å². The molecule has 0 aliphatic heterocycles. The Morgan fingerprint density at radius 3 is 2.24 bits per heavy atom. The molecule has 33 heavy (non-hydrogen) atoms. The number of thioether (sulfide) groups is 1. The molecule has 1 heterocycles. The minimum atomic E-state index is -3.61. The van der Waals surface area contributed by atoms with Crippen molar-refractivity contribution >= 4 is 66.3 Å². The second kappa shape index (κ2) is 10.6. The smallest absolute Gasteiger partial charge is 0.271 e. The largest absolute Gasteiger partial charge is 0.324 e. The fraction of sp³-hybridized carbons (Fsp3) is 0.0417. The van der Waals surface area contributed by atoms with Crippen LogP contribution < -0.4 is 10.0 Å². The Morgan fingerprint density at radius 1 is 0.879 bits per heavy atom. The molecule has 0 saturated carbocycles. The van der Waals surface area contributed by atoms with Crippen LogP contribution in [0.5, 0.6) is 0 Å². The predicted octanol–water partition coefficient (Wildman–Crippen LogP) is 6.78. The lowest BCUT2D eigenvalue weighted by Crippen LogP contribution is -2.19. The monoisotopic (exact) mass is 558 g/mol. The number of nitrogens with one attached hydrogen (secondary N) is 2. The number of hydrogen-bond acceptors (Lipinski definition) is 5. The van der Waals surface area contributed by atoms with Crippen molar-refractivity contribution in [3.63, 3.8) is 0 Å². The predicted molar refractivity (Wildman–Crippen MR) is 139 cm³/mol.